The van der Waals surface area contributed by atoms with Gasteiger partial charge in [0, 0.05) is 19.6 Å². The van der Waals surface area contributed by atoms with Crippen LogP contribution in [-0.2, 0) is 11.3 Å². The summed E-state index contributed by atoms with van der Waals surface area (Å²) in [6.07, 6.45) is 0.902. The number of carboxylic acid groups (broad SMARTS) is 1. The van der Waals surface area contributed by atoms with Crippen molar-refractivity contribution in [1.29, 1.82) is 0 Å². The molecule has 3 heteroatoms. The van der Waals surface area contributed by atoms with Gasteiger partial charge < -0.3 is 5.11 Å². The molecule has 0 spiro atoms. The van der Waals surface area contributed by atoms with Gasteiger partial charge in [0.05, 0.1) is 5.92 Å². The molecule has 2 unspecified atom stereocenters. The maximum Gasteiger partial charge on any atom is 0.306 e. The first-order valence-corrected chi connectivity index (χ1v) is 6.23. The Morgan fingerprint density at radius 2 is 2.00 bits per heavy atom. The van der Waals surface area contributed by atoms with E-state index >= 15 is 0 Å². The number of nitrogens with zero attached hydrogens (tertiary/aromatic N) is 1. The molecule has 1 saturated heterocycles. The number of carbonyl (C=O) groups is 1. The minimum atomic E-state index is -0.600. The van der Waals surface area contributed by atoms with Gasteiger partial charge in [-0.1, -0.05) is 30.3 Å². The van der Waals surface area contributed by atoms with Gasteiger partial charge in [0.1, 0.15) is 0 Å². The van der Waals surface area contributed by atoms with Crippen LogP contribution in [0.1, 0.15) is 12.0 Å². The largest absolute Gasteiger partial charge is 0.481 e. The summed E-state index contributed by atoms with van der Waals surface area (Å²) in [4.78, 5) is 13.2. The summed E-state index contributed by atoms with van der Waals surface area (Å²) in [5.41, 5.74) is 1.34. The van der Waals surface area contributed by atoms with E-state index in [1.807, 2.05) is 6.07 Å². The van der Waals surface area contributed by atoms with Crippen LogP contribution in [0, 0.1) is 17.8 Å². The first kappa shape index (κ1) is 10.8. The Balaban J connectivity index is 1.45. The van der Waals surface area contributed by atoms with Crippen molar-refractivity contribution in [3.8, 4) is 0 Å². The second-order valence-corrected chi connectivity index (χ2v) is 5.28. The van der Waals surface area contributed by atoms with Crippen molar-refractivity contribution in [2.24, 2.45) is 17.8 Å². The average molecular weight is 231 g/mol. The molecule has 1 aromatic carbocycles. The Kier molecular flexibility index (Phi) is 2.63. The fourth-order valence-electron chi connectivity index (χ4n) is 2.87. The Hall–Kier alpha value is -1.35. The van der Waals surface area contributed by atoms with E-state index in [0.717, 1.165) is 26.1 Å². The molecular formula is C14H17NO2. The number of benzene rings is 1. The van der Waals surface area contributed by atoms with Crippen molar-refractivity contribution < 1.29 is 9.90 Å². The molecule has 1 aliphatic carbocycles. The normalized spacial score (nSPS) is 28.7. The highest BCUT2D eigenvalue weighted by Gasteiger charge is 2.50. The molecule has 1 saturated carbocycles. The molecule has 0 bridgehead atoms. The molecule has 3 nitrogen and oxygen atoms in total. The Morgan fingerprint density at radius 1 is 1.29 bits per heavy atom. The van der Waals surface area contributed by atoms with Crippen molar-refractivity contribution in [3.63, 3.8) is 0 Å². The van der Waals surface area contributed by atoms with Crippen LogP contribution in [0.4, 0.5) is 0 Å². The van der Waals surface area contributed by atoms with Gasteiger partial charge in [-0.25, -0.2) is 0 Å². The lowest BCUT2D eigenvalue weighted by molar-refractivity contribution is -0.139. The van der Waals surface area contributed by atoms with E-state index in [2.05, 4.69) is 29.2 Å². The molecule has 90 valence electrons. The van der Waals surface area contributed by atoms with Gasteiger partial charge in [-0.2, -0.15) is 0 Å². The standard InChI is InChI=1S/C14H17NO2/c16-14(17)13-6-12(13)11-8-15(9-11)7-10-4-2-1-3-5-10/h1-5,11-13H,6-9H2,(H,16,17). The maximum atomic E-state index is 10.8. The van der Waals surface area contributed by atoms with Crippen molar-refractivity contribution in [3.05, 3.63) is 35.9 Å². The van der Waals surface area contributed by atoms with E-state index in [4.69, 9.17) is 5.11 Å². The van der Waals surface area contributed by atoms with Gasteiger partial charge in [0.25, 0.3) is 0 Å². The number of hydrogen-bond acceptors (Lipinski definition) is 2. The van der Waals surface area contributed by atoms with Crippen LogP contribution in [0.3, 0.4) is 0 Å². The van der Waals surface area contributed by atoms with Gasteiger partial charge in [0.2, 0.25) is 0 Å². The third-order valence-electron chi connectivity index (χ3n) is 4.00. The van der Waals surface area contributed by atoms with Crippen molar-refractivity contribution >= 4 is 5.97 Å². The highest BCUT2D eigenvalue weighted by Crippen LogP contribution is 2.47. The van der Waals surface area contributed by atoms with Crippen LogP contribution in [0.15, 0.2) is 30.3 Å². The fourth-order valence-corrected chi connectivity index (χ4v) is 2.87. The lowest BCUT2D eigenvalue weighted by Gasteiger charge is -2.39. The zero-order chi connectivity index (χ0) is 11.8. The van der Waals surface area contributed by atoms with Crippen LogP contribution in [0.25, 0.3) is 0 Å². The Bertz CT molecular complexity index is 411. The number of aliphatic carboxylic acids is 1. The van der Waals surface area contributed by atoms with Gasteiger partial charge in [-0.3, -0.25) is 9.69 Å². The number of rotatable bonds is 4. The molecule has 1 aromatic rings. The molecule has 2 atom stereocenters. The van der Waals surface area contributed by atoms with Crippen LogP contribution < -0.4 is 0 Å². The summed E-state index contributed by atoms with van der Waals surface area (Å²) in [6.45, 7) is 3.15. The van der Waals surface area contributed by atoms with Gasteiger partial charge in [-0.05, 0) is 23.8 Å². The lowest BCUT2D eigenvalue weighted by atomic mass is 9.93. The Morgan fingerprint density at radius 3 is 2.59 bits per heavy atom. The second-order valence-electron chi connectivity index (χ2n) is 5.28. The van der Waals surface area contributed by atoms with Crippen molar-refractivity contribution in [2.75, 3.05) is 13.1 Å². The third kappa shape index (κ3) is 2.20. The van der Waals surface area contributed by atoms with E-state index < -0.39 is 5.97 Å². The molecule has 0 amide bonds. The van der Waals surface area contributed by atoms with E-state index in [0.29, 0.717) is 11.8 Å². The lowest BCUT2D eigenvalue weighted by Crippen LogP contribution is -2.47. The van der Waals surface area contributed by atoms with Crippen LogP contribution in [0.2, 0.25) is 0 Å². The molecule has 0 radical (unpaired) electrons. The van der Waals surface area contributed by atoms with Crippen LogP contribution >= 0.6 is 0 Å². The third-order valence-corrected chi connectivity index (χ3v) is 4.00. The highest BCUT2D eigenvalue weighted by molar-refractivity contribution is 5.73. The maximum absolute atomic E-state index is 10.8. The molecule has 1 aliphatic heterocycles. The molecule has 17 heavy (non-hydrogen) atoms. The minimum Gasteiger partial charge on any atom is -0.481 e. The van der Waals surface area contributed by atoms with Gasteiger partial charge in [0.15, 0.2) is 0 Å². The summed E-state index contributed by atoms with van der Waals surface area (Å²) in [5, 5.41) is 8.88. The molecule has 1 heterocycles. The Labute approximate surface area is 101 Å². The quantitative estimate of drug-likeness (QED) is 0.859. The predicted octanol–water partition coefficient (Wildman–Crippen LogP) is 1.84. The summed E-state index contributed by atoms with van der Waals surface area (Å²) in [7, 11) is 0. The molecule has 2 aliphatic rings. The van der Waals surface area contributed by atoms with Crippen molar-refractivity contribution in [2.45, 2.75) is 13.0 Å². The molecule has 0 aromatic heterocycles. The summed E-state index contributed by atoms with van der Waals surface area (Å²) in [6, 6.07) is 10.4. The summed E-state index contributed by atoms with van der Waals surface area (Å²) < 4.78 is 0. The average Bonchev–Trinajstić information content (AvgIpc) is 3.04. The van der Waals surface area contributed by atoms with E-state index in [-0.39, 0.29) is 5.92 Å². The summed E-state index contributed by atoms with van der Waals surface area (Å²) >= 11 is 0. The topological polar surface area (TPSA) is 40.5 Å². The van der Waals surface area contributed by atoms with Crippen LogP contribution in [-0.4, -0.2) is 29.1 Å². The fraction of sp³-hybridized carbons (Fsp3) is 0.500. The van der Waals surface area contributed by atoms with E-state index in [9.17, 15) is 4.79 Å². The molecular weight excluding hydrogens is 214 g/mol. The number of carboxylic acids is 1. The summed E-state index contributed by atoms with van der Waals surface area (Å²) in [5.74, 6) is 0.440. The second kappa shape index (κ2) is 4.15. The van der Waals surface area contributed by atoms with Gasteiger partial charge >= 0.3 is 5.97 Å². The first-order chi connectivity index (χ1) is 8.24. The SMILES string of the molecule is O=C(O)C1CC1C1CN(Cc2ccccc2)C1. The predicted molar refractivity (Wildman–Crippen MR) is 64.4 cm³/mol. The molecule has 1 N–H and O–H groups in total. The van der Waals surface area contributed by atoms with E-state index in [1.165, 1.54) is 5.56 Å². The van der Waals surface area contributed by atoms with E-state index in [1.54, 1.807) is 0 Å². The number of likely N-dealkylation sites (tertiary alicyclic amines) is 1. The van der Waals surface area contributed by atoms with Crippen LogP contribution in [0.5, 0.6) is 0 Å². The molecule has 3 rings (SSSR count). The minimum absolute atomic E-state index is 0.0427. The van der Waals surface area contributed by atoms with Crippen molar-refractivity contribution in [1.82, 2.24) is 4.90 Å². The zero-order valence-corrected chi connectivity index (χ0v) is 9.75. The smallest absolute Gasteiger partial charge is 0.306 e. The zero-order valence-electron chi connectivity index (χ0n) is 9.75. The highest BCUT2D eigenvalue weighted by atomic mass is 16.4. The molecule has 2 fully saturated rings. The van der Waals surface area contributed by atoms with Gasteiger partial charge in [-0.15, -0.1) is 0 Å². The number of hydrogen-bond donors (Lipinski definition) is 1. The first-order valence-electron chi connectivity index (χ1n) is 6.23. The monoisotopic (exact) mass is 231 g/mol.